The summed E-state index contributed by atoms with van der Waals surface area (Å²) in [5, 5.41) is 5.58. The van der Waals surface area contributed by atoms with Gasteiger partial charge in [0.2, 0.25) is 0 Å². The summed E-state index contributed by atoms with van der Waals surface area (Å²) in [7, 11) is 1.57. The van der Waals surface area contributed by atoms with Crippen LogP contribution in [0.1, 0.15) is 25.0 Å². The van der Waals surface area contributed by atoms with Crippen molar-refractivity contribution in [2.24, 2.45) is 0 Å². The molecule has 0 aliphatic carbocycles. The Morgan fingerprint density at radius 2 is 1.79 bits per heavy atom. The lowest BCUT2D eigenvalue weighted by molar-refractivity contribution is 0.0644. The van der Waals surface area contributed by atoms with E-state index in [-0.39, 0.29) is 12.1 Å². The first-order valence-corrected chi connectivity index (χ1v) is 8.05. The molecule has 2 aromatic rings. The lowest BCUT2D eigenvalue weighted by Gasteiger charge is -2.14. The molecule has 0 radical (unpaired) electrons. The zero-order chi connectivity index (χ0) is 17.2. The molecule has 2 rings (SSSR count). The van der Waals surface area contributed by atoms with Crippen LogP contribution in [0.3, 0.4) is 0 Å². The Kier molecular flexibility index (Phi) is 7.11. The molecular formula is C19H24N2O3. The van der Waals surface area contributed by atoms with Gasteiger partial charge in [0.05, 0.1) is 18.9 Å². The fourth-order valence-corrected chi connectivity index (χ4v) is 2.27. The summed E-state index contributed by atoms with van der Waals surface area (Å²) in [6, 6.07) is 17.1. The highest BCUT2D eigenvalue weighted by atomic mass is 16.5. The smallest absolute Gasteiger partial charge is 0.319 e. The SMILES string of the molecule is COc1ccccc1NC(=O)NCCCO[C@@H](C)c1ccccc1. The molecule has 2 aromatic carbocycles. The maximum Gasteiger partial charge on any atom is 0.319 e. The normalized spacial score (nSPS) is 11.6. The number of carbonyl (C=O) groups is 1. The van der Waals surface area contributed by atoms with E-state index in [0.29, 0.717) is 24.6 Å². The second kappa shape index (κ2) is 9.57. The van der Waals surface area contributed by atoms with Gasteiger partial charge in [-0.3, -0.25) is 0 Å². The van der Waals surface area contributed by atoms with Crippen LogP contribution in [0.5, 0.6) is 5.75 Å². The minimum absolute atomic E-state index is 0.0496. The van der Waals surface area contributed by atoms with E-state index in [1.165, 1.54) is 0 Å². The van der Waals surface area contributed by atoms with Crippen LogP contribution in [0.25, 0.3) is 0 Å². The molecule has 0 bridgehead atoms. The number of anilines is 1. The fourth-order valence-electron chi connectivity index (χ4n) is 2.27. The first-order chi connectivity index (χ1) is 11.7. The maximum atomic E-state index is 11.9. The molecular weight excluding hydrogens is 304 g/mol. The molecule has 128 valence electrons. The third kappa shape index (κ3) is 5.59. The van der Waals surface area contributed by atoms with Crippen molar-refractivity contribution in [2.45, 2.75) is 19.4 Å². The van der Waals surface area contributed by atoms with E-state index in [0.717, 1.165) is 12.0 Å². The van der Waals surface area contributed by atoms with Gasteiger partial charge in [-0.05, 0) is 31.0 Å². The fraction of sp³-hybridized carbons (Fsp3) is 0.316. The summed E-state index contributed by atoms with van der Waals surface area (Å²) in [4.78, 5) is 11.9. The highest BCUT2D eigenvalue weighted by Crippen LogP contribution is 2.22. The minimum atomic E-state index is -0.254. The zero-order valence-corrected chi connectivity index (χ0v) is 14.1. The molecule has 0 unspecified atom stereocenters. The van der Waals surface area contributed by atoms with Gasteiger partial charge in [0, 0.05) is 13.2 Å². The van der Waals surface area contributed by atoms with Crippen molar-refractivity contribution in [2.75, 3.05) is 25.6 Å². The Hall–Kier alpha value is -2.53. The Labute approximate surface area is 143 Å². The predicted molar refractivity (Wildman–Crippen MR) is 95.4 cm³/mol. The summed E-state index contributed by atoms with van der Waals surface area (Å²) < 4.78 is 11.0. The summed E-state index contributed by atoms with van der Waals surface area (Å²) >= 11 is 0. The summed E-state index contributed by atoms with van der Waals surface area (Å²) in [5.74, 6) is 0.632. The third-order valence-electron chi connectivity index (χ3n) is 3.60. The molecule has 0 aliphatic rings. The Morgan fingerprint density at radius 3 is 2.54 bits per heavy atom. The molecule has 0 heterocycles. The van der Waals surface area contributed by atoms with Crippen molar-refractivity contribution >= 4 is 11.7 Å². The molecule has 0 saturated heterocycles. The topological polar surface area (TPSA) is 59.6 Å². The monoisotopic (exact) mass is 328 g/mol. The van der Waals surface area contributed by atoms with Crippen molar-refractivity contribution in [1.82, 2.24) is 5.32 Å². The molecule has 2 amide bonds. The van der Waals surface area contributed by atoms with Crippen LogP contribution in [0, 0.1) is 0 Å². The number of amides is 2. The van der Waals surface area contributed by atoms with Gasteiger partial charge in [0.15, 0.2) is 0 Å². The standard InChI is InChI=1S/C19H24N2O3/c1-15(16-9-4-3-5-10-16)24-14-8-13-20-19(22)21-17-11-6-7-12-18(17)23-2/h3-7,9-12,15H,8,13-14H2,1-2H3,(H2,20,21,22)/t15-/m0/s1. The maximum absolute atomic E-state index is 11.9. The molecule has 24 heavy (non-hydrogen) atoms. The van der Waals surface area contributed by atoms with Crippen LogP contribution in [-0.2, 0) is 4.74 Å². The minimum Gasteiger partial charge on any atom is -0.495 e. The van der Waals surface area contributed by atoms with E-state index in [2.05, 4.69) is 10.6 Å². The highest BCUT2D eigenvalue weighted by Gasteiger charge is 2.07. The number of methoxy groups -OCH3 is 1. The average molecular weight is 328 g/mol. The number of nitrogens with one attached hydrogen (secondary N) is 2. The lowest BCUT2D eigenvalue weighted by Crippen LogP contribution is -2.30. The molecule has 0 spiro atoms. The first kappa shape index (κ1) is 17.8. The number of urea groups is 1. The summed E-state index contributed by atoms with van der Waals surface area (Å²) in [6.45, 7) is 3.16. The van der Waals surface area contributed by atoms with Crippen molar-refractivity contribution < 1.29 is 14.3 Å². The van der Waals surface area contributed by atoms with E-state index in [4.69, 9.17) is 9.47 Å². The highest BCUT2D eigenvalue weighted by molar-refractivity contribution is 5.90. The van der Waals surface area contributed by atoms with Crippen molar-refractivity contribution in [3.05, 3.63) is 60.2 Å². The second-order valence-corrected chi connectivity index (χ2v) is 5.36. The Bertz CT molecular complexity index is 632. The van der Waals surface area contributed by atoms with Gasteiger partial charge in [0.25, 0.3) is 0 Å². The molecule has 1 atom stereocenters. The van der Waals surface area contributed by atoms with E-state index >= 15 is 0 Å². The van der Waals surface area contributed by atoms with E-state index in [1.807, 2.05) is 49.4 Å². The van der Waals surface area contributed by atoms with E-state index < -0.39 is 0 Å². The van der Waals surface area contributed by atoms with E-state index in [1.54, 1.807) is 19.2 Å². The van der Waals surface area contributed by atoms with Crippen LogP contribution >= 0.6 is 0 Å². The number of hydrogen-bond donors (Lipinski definition) is 2. The number of ether oxygens (including phenoxy) is 2. The van der Waals surface area contributed by atoms with Gasteiger partial charge >= 0.3 is 6.03 Å². The van der Waals surface area contributed by atoms with Crippen LogP contribution in [-0.4, -0.2) is 26.3 Å². The van der Waals surface area contributed by atoms with Gasteiger partial charge in [-0.1, -0.05) is 42.5 Å². The molecule has 0 fully saturated rings. The van der Waals surface area contributed by atoms with Crippen LogP contribution in [0.2, 0.25) is 0 Å². The summed E-state index contributed by atoms with van der Waals surface area (Å²) in [5.41, 5.74) is 1.80. The zero-order valence-electron chi connectivity index (χ0n) is 14.1. The van der Waals surface area contributed by atoms with Crippen LogP contribution in [0.4, 0.5) is 10.5 Å². The Balaban J connectivity index is 1.64. The van der Waals surface area contributed by atoms with Crippen LogP contribution in [0.15, 0.2) is 54.6 Å². The van der Waals surface area contributed by atoms with Gasteiger partial charge < -0.3 is 20.1 Å². The lowest BCUT2D eigenvalue weighted by atomic mass is 10.1. The van der Waals surface area contributed by atoms with Gasteiger partial charge in [-0.15, -0.1) is 0 Å². The predicted octanol–water partition coefficient (Wildman–Crippen LogP) is 3.98. The average Bonchev–Trinajstić information content (AvgIpc) is 2.62. The Morgan fingerprint density at radius 1 is 1.08 bits per heavy atom. The quantitative estimate of drug-likeness (QED) is 0.721. The van der Waals surface area contributed by atoms with Gasteiger partial charge in [-0.25, -0.2) is 4.79 Å². The molecule has 0 saturated carbocycles. The number of rotatable bonds is 8. The number of benzene rings is 2. The summed E-state index contributed by atoms with van der Waals surface area (Å²) in [6.07, 6.45) is 0.796. The van der Waals surface area contributed by atoms with Crippen molar-refractivity contribution in [3.63, 3.8) is 0 Å². The molecule has 0 aromatic heterocycles. The molecule has 2 N–H and O–H groups in total. The number of hydrogen-bond acceptors (Lipinski definition) is 3. The van der Waals surface area contributed by atoms with Crippen LogP contribution < -0.4 is 15.4 Å². The third-order valence-corrected chi connectivity index (χ3v) is 3.60. The second-order valence-electron chi connectivity index (χ2n) is 5.36. The molecule has 0 aliphatic heterocycles. The van der Waals surface area contributed by atoms with Crippen molar-refractivity contribution in [3.8, 4) is 5.75 Å². The van der Waals surface area contributed by atoms with Gasteiger partial charge in [-0.2, -0.15) is 0 Å². The number of para-hydroxylation sites is 2. The first-order valence-electron chi connectivity index (χ1n) is 8.05. The largest absolute Gasteiger partial charge is 0.495 e. The molecule has 5 nitrogen and oxygen atoms in total. The molecule has 5 heteroatoms. The number of carbonyl (C=O) groups excluding carboxylic acids is 1. The van der Waals surface area contributed by atoms with Crippen molar-refractivity contribution in [1.29, 1.82) is 0 Å². The van der Waals surface area contributed by atoms with E-state index in [9.17, 15) is 4.79 Å². The van der Waals surface area contributed by atoms with Gasteiger partial charge in [0.1, 0.15) is 5.75 Å².